The number of nitrogens with zero attached hydrogens (tertiary/aromatic N) is 4. The molecule has 0 N–H and O–H groups in total. The minimum Gasteiger partial charge on any atom is -0.322 e. The summed E-state index contributed by atoms with van der Waals surface area (Å²) in [5.41, 5.74) is 2.32. The molecule has 4 rings (SSSR count). The number of hydrogen-bond donors (Lipinski definition) is 0. The third-order valence-electron chi connectivity index (χ3n) is 4.10. The summed E-state index contributed by atoms with van der Waals surface area (Å²) in [6.45, 7) is 9.42. The van der Waals surface area contributed by atoms with Crippen LogP contribution in [0.15, 0.2) is 62.0 Å². The van der Waals surface area contributed by atoms with E-state index in [0.717, 1.165) is 36.1 Å². The largest absolute Gasteiger partial charge is 0.322 e. The molecule has 0 bridgehead atoms. The molecule has 2 aromatic heterocycles. The standard InChI is InChI=1S/C18H18N4O/c1-3-21(17-11-9-15-7-5-13-19(15)17)23-22(4-2)18-12-10-16-8-6-14-20(16)18/h3-12H,1-2,13-14H2. The van der Waals surface area contributed by atoms with Gasteiger partial charge in [-0.05, 0) is 36.4 Å². The number of anilines is 2. The first-order valence-electron chi connectivity index (χ1n) is 7.55. The third-order valence-corrected chi connectivity index (χ3v) is 4.10. The highest BCUT2D eigenvalue weighted by Crippen LogP contribution is 2.28. The number of hydroxylamine groups is 2. The molecule has 0 amide bonds. The van der Waals surface area contributed by atoms with E-state index in [1.54, 1.807) is 22.5 Å². The average molecular weight is 306 g/mol. The Balaban J connectivity index is 1.61. The van der Waals surface area contributed by atoms with Crippen molar-refractivity contribution in [3.63, 3.8) is 0 Å². The van der Waals surface area contributed by atoms with E-state index in [1.807, 2.05) is 12.1 Å². The van der Waals surface area contributed by atoms with E-state index < -0.39 is 0 Å². The smallest absolute Gasteiger partial charge is 0.141 e. The van der Waals surface area contributed by atoms with Crippen LogP contribution >= 0.6 is 0 Å². The molecular formula is C18H18N4O. The Labute approximate surface area is 135 Å². The summed E-state index contributed by atoms with van der Waals surface area (Å²) in [4.78, 5) is 6.02. The fourth-order valence-corrected chi connectivity index (χ4v) is 3.01. The first-order valence-corrected chi connectivity index (χ1v) is 7.55. The lowest BCUT2D eigenvalue weighted by Gasteiger charge is -2.27. The molecule has 0 spiro atoms. The maximum Gasteiger partial charge on any atom is 0.141 e. The van der Waals surface area contributed by atoms with Crippen molar-refractivity contribution < 1.29 is 4.94 Å². The van der Waals surface area contributed by atoms with E-state index in [-0.39, 0.29) is 0 Å². The van der Waals surface area contributed by atoms with Crippen LogP contribution in [0.25, 0.3) is 12.2 Å². The second-order valence-corrected chi connectivity index (χ2v) is 5.36. The molecular weight excluding hydrogens is 288 g/mol. The van der Waals surface area contributed by atoms with Crippen LogP contribution in [-0.2, 0) is 18.0 Å². The molecule has 2 aromatic rings. The van der Waals surface area contributed by atoms with Crippen LogP contribution in [0.1, 0.15) is 11.4 Å². The molecule has 0 atom stereocenters. The molecule has 5 nitrogen and oxygen atoms in total. The maximum absolute atomic E-state index is 6.02. The second-order valence-electron chi connectivity index (χ2n) is 5.36. The Hall–Kier alpha value is -2.92. The van der Waals surface area contributed by atoms with Gasteiger partial charge in [-0.25, -0.2) is 0 Å². The van der Waals surface area contributed by atoms with Crippen LogP contribution in [0.2, 0.25) is 0 Å². The zero-order valence-corrected chi connectivity index (χ0v) is 12.8. The fourth-order valence-electron chi connectivity index (χ4n) is 3.01. The van der Waals surface area contributed by atoms with Crippen molar-refractivity contribution in [1.29, 1.82) is 0 Å². The zero-order chi connectivity index (χ0) is 15.8. The van der Waals surface area contributed by atoms with Crippen molar-refractivity contribution in [1.82, 2.24) is 9.13 Å². The summed E-state index contributed by atoms with van der Waals surface area (Å²) in [6, 6.07) is 8.17. The van der Waals surface area contributed by atoms with Gasteiger partial charge < -0.3 is 9.13 Å². The molecule has 0 aliphatic carbocycles. The quantitative estimate of drug-likeness (QED) is 0.759. The van der Waals surface area contributed by atoms with Gasteiger partial charge >= 0.3 is 0 Å². The van der Waals surface area contributed by atoms with Crippen molar-refractivity contribution in [2.24, 2.45) is 0 Å². The number of hydrogen-bond acceptors (Lipinski definition) is 3. The predicted octanol–water partition coefficient (Wildman–Crippen LogP) is 3.79. The van der Waals surface area contributed by atoms with E-state index in [9.17, 15) is 0 Å². The van der Waals surface area contributed by atoms with Gasteiger partial charge in [-0.3, -0.25) is 0 Å². The van der Waals surface area contributed by atoms with Crippen LogP contribution in [0.3, 0.4) is 0 Å². The molecule has 0 saturated carbocycles. The van der Waals surface area contributed by atoms with E-state index in [1.165, 1.54) is 0 Å². The Morgan fingerprint density at radius 1 is 0.826 bits per heavy atom. The summed E-state index contributed by atoms with van der Waals surface area (Å²) in [5, 5.41) is 3.31. The van der Waals surface area contributed by atoms with Gasteiger partial charge in [0, 0.05) is 36.9 Å². The summed E-state index contributed by atoms with van der Waals surface area (Å²) in [6.07, 6.45) is 11.8. The first-order chi connectivity index (χ1) is 11.3. The number of aromatic nitrogens is 2. The Kier molecular flexibility index (Phi) is 3.20. The minimum atomic E-state index is 0.837. The minimum absolute atomic E-state index is 0.837. The monoisotopic (exact) mass is 306 g/mol. The van der Waals surface area contributed by atoms with Crippen LogP contribution < -0.4 is 10.1 Å². The molecule has 0 saturated heterocycles. The highest BCUT2D eigenvalue weighted by Gasteiger charge is 2.20. The van der Waals surface area contributed by atoms with E-state index in [0.29, 0.717) is 0 Å². The number of fused-ring (bicyclic) bond motifs is 2. The molecule has 0 radical (unpaired) electrons. The van der Waals surface area contributed by atoms with Crippen molar-refractivity contribution >= 4 is 23.8 Å². The lowest BCUT2D eigenvalue weighted by atomic mass is 10.4. The molecule has 4 heterocycles. The van der Waals surface area contributed by atoms with Crippen LogP contribution in [0.4, 0.5) is 11.6 Å². The molecule has 0 aromatic carbocycles. The van der Waals surface area contributed by atoms with Gasteiger partial charge in [-0.1, -0.05) is 25.3 Å². The maximum atomic E-state index is 6.02. The Morgan fingerprint density at radius 2 is 1.30 bits per heavy atom. The zero-order valence-electron chi connectivity index (χ0n) is 12.8. The lowest BCUT2D eigenvalue weighted by molar-refractivity contribution is 0.124. The van der Waals surface area contributed by atoms with Crippen LogP contribution in [0.5, 0.6) is 0 Å². The summed E-state index contributed by atoms with van der Waals surface area (Å²) < 4.78 is 4.32. The molecule has 23 heavy (non-hydrogen) atoms. The highest BCUT2D eigenvalue weighted by atomic mass is 16.8. The van der Waals surface area contributed by atoms with E-state index in [4.69, 9.17) is 4.94 Å². The highest BCUT2D eigenvalue weighted by molar-refractivity contribution is 5.59. The molecule has 5 heteroatoms. The van der Waals surface area contributed by atoms with E-state index in [2.05, 4.69) is 58.7 Å². The predicted molar refractivity (Wildman–Crippen MR) is 93.4 cm³/mol. The third kappa shape index (κ3) is 2.13. The number of allylic oxidation sites excluding steroid dienone is 2. The van der Waals surface area contributed by atoms with Crippen molar-refractivity contribution in [2.45, 2.75) is 13.1 Å². The topological polar surface area (TPSA) is 25.6 Å². The normalized spacial score (nSPS) is 13.9. The fraction of sp³-hybridized carbons (Fsp3) is 0.111. The second kappa shape index (κ2) is 5.37. The Morgan fingerprint density at radius 3 is 1.74 bits per heavy atom. The molecule has 116 valence electrons. The van der Waals surface area contributed by atoms with E-state index >= 15 is 0 Å². The van der Waals surface area contributed by atoms with Crippen molar-refractivity contribution in [3.05, 3.63) is 73.4 Å². The van der Waals surface area contributed by atoms with Gasteiger partial charge in [-0.2, -0.15) is 10.1 Å². The lowest BCUT2D eigenvalue weighted by Crippen LogP contribution is -2.30. The van der Waals surface area contributed by atoms with Gasteiger partial charge in [0.15, 0.2) is 0 Å². The number of rotatable bonds is 6. The SMILES string of the molecule is C=CN(ON(C=C)c1ccc2n1CC=C2)c1ccc2n1CC=C2. The van der Waals surface area contributed by atoms with Crippen molar-refractivity contribution in [2.75, 3.05) is 10.1 Å². The summed E-state index contributed by atoms with van der Waals surface area (Å²) >= 11 is 0. The molecule has 0 fully saturated rings. The molecule has 0 unspecified atom stereocenters. The van der Waals surface area contributed by atoms with Crippen molar-refractivity contribution in [3.8, 4) is 0 Å². The van der Waals surface area contributed by atoms with Gasteiger partial charge in [0.2, 0.25) is 0 Å². The van der Waals surface area contributed by atoms with Crippen LogP contribution in [-0.4, -0.2) is 9.13 Å². The average Bonchev–Trinajstić information content (AvgIpc) is 3.30. The first kappa shape index (κ1) is 13.7. The van der Waals surface area contributed by atoms with Gasteiger partial charge in [-0.15, -0.1) is 4.94 Å². The van der Waals surface area contributed by atoms with Gasteiger partial charge in [0.25, 0.3) is 0 Å². The van der Waals surface area contributed by atoms with Gasteiger partial charge in [0.1, 0.15) is 11.6 Å². The Bertz CT molecular complexity index is 756. The molecule has 2 aliphatic heterocycles. The summed E-state index contributed by atoms with van der Waals surface area (Å²) in [7, 11) is 0. The van der Waals surface area contributed by atoms with Gasteiger partial charge in [0.05, 0.1) is 0 Å². The molecule has 2 aliphatic rings. The van der Waals surface area contributed by atoms with Crippen LogP contribution in [0, 0.1) is 0 Å². The summed E-state index contributed by atoms with van der Waals surface area (Å²) in [5.74, 6) is 1.86.